The summed E-state index contributed by atoms with van der Waals surface area (Å²) in [6.45, 7) is 0.829. The summed E-state index contributed by atoms with van der Waals surface area (Å²) < 4.78 is 6.88. The van der Waals surface area contributed by atoms with Gasteiger partial charge in [0.1, 0.15) is 5.75 Å². The van der Waals surface area contributed by atoms with Crippen molar-refractivity contribution >= 4 is 0 Å². The first kappa shape index (κ1) is 17.5. The first-order chi connectivity index (χ1) is 13.2. The third kappa shape index (κ3) is 3.53. The SMILES string of the molecule is COc1cccc(CN(C)C2CCc3[nH]n(-c4ccccn4)c(=O)c3C2)c1. The minimum absolute atomic E-state index is 0.0168. The molecule has 4 rings (SSSR count). The van der Waals surface area contributed by atoms with Gasteiger partial charge in [-0.3, -0.25) is 14.8 Å². The van der Waals surface area contributed by atoms with Crippen LogP contribution in [0, 0.1) is 0 Å². The molecular weight excluding hydrogens is 340 g/mol. The van der Waals surface area contributed by atoms with Gasteiger partial charge >= 0.3 is 0 Å². The maximum Gasteiger partial charge on any atom is 0.276 e. The number of pyridine rings is 1. The molecule has 27 heavy (non-hydrogen) atoms. The molecule has 6 heteroatoms. The van der Waals surface area contributed by atoms with E-state index in [1.807, 2.05) is 30.3 Å². The van der Waals surface area contributed by atoms with Gasteiger partial charge in [0, 0.05) is 30.0 Å². The highest BCUT2D eigenvalue weighted by Gasteiger charge is 2.27. The number of likely N-dealkylation sites (N-methyl/N-ethyl adjacent to an activating group) is 1. The summed E-state index contributed by atoms with van der Waals surface area (Å²) in [6, 6.07) is 14.1. The van der Waals surface area contributed by atoms with Crippen LogP contribution in [0.25, 0.3) is 5.82 Å². The number of methoxy groups -OCH3 is 1. The molecule has 0 aliphatic heterocycles. The summed E-state index contributed by atoms with van der Waals surface area (Å²) in [6.07, 6.45) is 4.35. The van der Waals surface area contributed by atoms with E-state index < -0.39 is 0 Å². The Labute approximate surface area is 158 Å². The van der Waals surface area contributed by atoms with Gasteiger partial charge in [-0.15, -0.1) is 0 Å². The number of aromatic nitrogens is 3. The molecular formula is C21H24N4O2. The zero-order valence-corrected chi connectivity index (χ0v) is 15.7. The number of H-pyrrole nitrogens is 1. The van der Waals surface area contributed by atoms with Crippen molar-refractivity contribution < 1.29 is 4.74 Å². The summed E-state index contributed by atoms with van der Waals surface area (Å²) in [5, 5.41) is 3.25. The molecule has 2 heterocycles. The molecule has 0 radical (unpaired) electrons. The Morgan fingerprint density at radius 3 is 2.96 bits per heavy atom. The van der Waals surface area contributed by atoms with Gasteiger partial charge in [-0.1, -0.05) is 18.2 Å². The number of rotatable bonds is 5. The van der Waals surface area contributed by atoms with E-state index in [9.17, 15) is 4.79 Å². The van der Waals surface area contributed by atoms with Crippen molar-refractivity contribution in [2.24, 2.45) is 0 Å². The predicted molar refractivity (Wildman–Crippen MR) is 104 cm³/mol. The predicted octanol–water partition coefficient (Wildman–Crippen LogP) is 2.56. The lowest BCUT2D eigenvalue weighted by molar-refractivity contribution is 0.213. The Balaban J connectivity index is 1.52. The van der Waals surface area contributed by atoms with Crippen LogP contribution in [0.1, 0.15) is 23.2 Å². The number of benzene rings is 1. The third-order valence-corrected chi connectivity index (χ3v) is 5.31. The Kier molecular flexibility index (Phi) is 4.81. The van der Waals surface area contributed by atoms with Gasteiger partial charge in [0.25, 0.3) is 5.56 Å². The van der Waals surface area contributed by atoms with E-state index in [0.29, 0.717) is 11.9 Å². The van der Waals surface area contributed by atoms with Crippen molar-refractivity contribution in [2.45, 2.75) is 31.8 Å². The summed E-state index contributed by atoms with van der Waals surface area (Å²) in [7, 11) is 3.81. The van der Waals surface area contributed by atoms with Gasteiger partial charge in [-0.2, -0.15) is 0 Å². The van der Waals surface area contributed by atoms with E-state index in [-0.39, 0.29) is 5.56 Å². The molecule has 2 aromatic heterocycles. The zero-order chi connectivity index (χ0) is 18.8. The molecule has 0 saturated heterocycles. The minimum atomic E-state index is 0.0168. The fourth-order valence-electron chi connectivity index (χ4n) is 3.79. The molecule has 3 aromatic rings. The summed E-state index contributed by atoms with van der Waals surface area (Å²) in [5.74, 6) is 1.51. The second kappa shape index (κ2) is 7.40. The highest BCUT2D eigenvalue weighted by molar-refractivity contribution is 5.30. The molecule has 0 saturated carbocycles. The molecule has 1 atom stereocenters. The molecule has 0 spiro atoms. The van der Waals surface area contributed by atoms with E-state index in [4.69, 9.17) is 4.74 Å². The van der Waals surface area contributed by atoms with Crippen LogP contribution in [0.4, 0.5) is 0 Å². The Morgan fingerprint density at radius 1 is 1.30 bits per heavy atom. The lowest BCUT2D eigenvalue weighted by Crippen LogP contribution is -2.37. The molecule has 1 N–H and O–H groups in total. The number of aromatic amines is 1. The van der Waals surface area contributed by atoms with Crippen LogP contribution in [-0.4, -0.2) is 39.9 Å². The molecule has 1 unspecified atom stereocenters. The van der Waals surface area contributed by atoms with Crippen molar-refractivity contribution in [2.75, 3.05) is 14.2 Å². The molecule has 1 aliphatic carbocycles. The van der Waals surface area contributed by atoms with Crippen LogP contribution in [0.15, 0.2) is 53.5 Å². The molecule has 6 nitrogen and oxygen atoms in total. The second-order valence-corrected chi connectivity index (χ2v) is 7.06. The fraction of sp³-hybridized carbons (Fsp3) is 0.333. The normalized spacial score (nSPS) is 16.3. The maximum absolute atomic E-state index is 12.9. The van der Waals surface area contributed by atoms with Gasteiger partial charge in [-0.05, 0) is 56.1 Å². The summed E-state index contributed by atoms with van der Waals surface area (Å²) in [5.41, 5.74) is 3.15. The lowest BCUT2D eigenvalue weighted by atomic mass is 9.92. The number of fused-ring (bicyclic) bond motifs is 1. The summed E-state index contributed by atoms with van der Waals surface area (Å²) >= 11 is 0. The van der Waals surface area contributed by atoms with Gasteiger partial charge in [0.05, 0.1) is 7.11 Å². The van der Waals surface area contributed by atoms with Crippen molar-refractivity contribution in [3.8, 4) is 11.6 Å². The van der Waals surface area contributed by atoms with E-state index in [0.717, 1.165) is 42.8 Å². The van der Waals surface area contributed by atoms with E-state index in [2.05, 4.69) is 34.2 Å². The molecule has 140 valence electrons. The number of hydrogen-bond acceptors (Lipinski definition) is 4. The third-order valence-electron chi connectivity index (χ3n) is 5.31. The Morgan fingerprint density at radius 2 is 2.19 bits per heavy atom. The Hall–Kier alpha value is -2.86. The highest BCUT2D eigenvalue weighted by Crippen LogP contribution is 2.23. The van der Waals surface area contributed by atoms with E-state index in [1.54, 1.807) is 18.0 Å². The van der Waals surface area contributed by atoms with E-state index >= 15 is 0 Å². The second-order valence-electron chi connectivity index (χ2n) is 7.06. The van der Waals surface area contributed by atoms with Crippen LogP contribution in [0.3, 0.4) is 0 Å². The Bertz CT molecular complexity index is 977. The van der Waals surface area contributed by atoms with Crippen molar-refractivity contribution in [3.63, 3.8) is 0 Å². The van der Waals surface area contributed by atoms with Crippen molar-refractivity contribution in [1.29, 1.82) is 0 Å². The van der Waals surface area contributed by atoms with Crippen LogP contribution in [-0.2, 0) is 19.4 Å². The van der Waals surface area contributed by atoms with E-state index in [1.165, 1.54) is 5.56 Å². The number of aryl methyl sites for hydroxylation is 1. The van der Waals surface area contributed by atoms with Crippen molar-refractivity contribution in [1.82, 2.24) is 19.7 Å². The molecule has 0 fully saturated rings. The zero-order valence-electron chi connectivity index (χ0n) is 15.7. The molecule has 0 bridgehead atoms. The molecule has 1 aliphatic rings. The number of nitrogens with one attached hydrogen (secondary N) is 1. The quantitative estimate of drug-likeness (QED) is 0.756. The minimum Gasteiger partial charge on any atom is -0.497 e. The number of nitrogens with zero attached hydrogens (tertiary/aromatic N) is 3. The van der Waals surface area contributed by atoms with Crippen LogP contribution in [0.5, 0.6) is 5.75 Å². The fourth-order valence-corrected chi connectivity index (χ4v) is 3.79. The largest absolute Gasteiger partial charge is 0.497 e. The topological polar surface area (TPSA) is 63.1 Å². The van der Waals surface area contributed by atoms with Gasteiger partial charge in [0.2, 0.25) is 0 Å². The van der Waals surface area contributed by atoms with Crippen LogP contribution in [0.2, 0.25) is 0 Å². The average molecular weight is 364 g/mol. The smallest absolute Gasteiger partial charge is 0.276 e. The monoisotopic (exact) mass is 364 g/mol. The first-order valence-electron chi connectivity index (χ1n) is 9.23. The average Bonchev–Trinajstić information content (AvgIpc) is 3.05. The molecule has 1 aromatic carbocycles. The lowest BCUT2D eigenvalue weighted by Gasteiger charge is -2.30. The summed E-state index contributed by atoms with van der Waals surface area (Å²) in [4.78, 5) is 19.5. The van der Waals surface area contributed by atoms with Gasteiger partial charge in [-0.25, -0.2) is 9.67 Å². The van der Waals surface area contributed by atoms with Crippen LogP contribution < -0.4 is 10.3 Å². The number of hydrogen-bond donors (Lipinski definition) is 1. The highest BCUT2D eigenvalue weighted by atomic mass is 16.5. The first-order valence-corrected chi connectivity index (χ1v) is 9.23. The van der Waals surface area contributed by atoms with Gasteiger partial charge in [0.15, 0.2) is 5.82 Å². The maximum atomic E-state index is 12.9. The number of ether oxygens (including phenoxy) is 1. The molecule has 0 amide bonds. The van der Waals surface area contributed by atoms with Gasteiger partial charge < -0.3 is 4.74 Å². The van der Waals surface area contributed by atoms with Crippen molar-refractivity contribution in [3.05, 3.63) is 75.8 Å². The standard InChI is InChI=1S/C21H24N4O2/c1-24(14-15-6-5-7-17(12-15)27-2)16-9-10-19-18(13-16)21(26)25(23-19)20-8-3-4-11-22-20/h3-8,11-12,16,23H,9-10,13-14H2,1-2H3. The van der Waals surface area contributed by atoms with Crippen LogP contribution >= 0.6 is 0 Å².